The fourth-order valence-electron chi connectivity index (χ4n) is 4.49. The Morgan fingerprint density at radius 2 is 1.86 bits per heavy atom. The molecular weight excluding hydrogens is 355 g/mol. The summed E-state index contributed by atoms with van der Waals surface area (Å²) in [5.41, 5.74) is 8.86. The maximum absolute atomic E-state index is 13.2. The number of nitriles is 1. The van der Waals surface area contributed by atoms with Crippen molar-refractivity contribution in [2.24, 2.45) is 5.73 Å². The molecule has 2 aromatic rings. The first-order valence-corrected chi connectivity index (χ1v) is 9.67. The molecule has 2 fully saturated rings. The quantitative estimate of drug-likeness (QED) is 0.888. The van der Waals surface area contributed by atoms with Crippen LogP contribution in [-0.4, -0.2) is 42.5 Å². The molecular formula is C22H23FN4O. The second-order valence-corrected chi connectivity index (χ2v) is 7.54. The fourth-order valence-corrected chi connectivity index (χ4v) is 4.49. The topological polar surface area (TPSA) is 73.4 Å². The Morgan fingerprint density at radius 1 is 1.11 bits per heavy atom. The Morgan fingerprint density at radius 3 is 2.57 bits per heavy atom. The van der Waals surface area contributed by atoms with Gasteiger partial charge < -0.3 is 10.6 Å². The van der Waals surface area contributed by atoms with Crippen molar-refractivity contribution in [3.63, 3.8) is 0 Å². The van der Waals surface area contributed by atoms with Crippen LogP contribution in [0.3, 0.4) is 0 Å². The maximum Gasteiger partial charge on any atom is 0.234 e. The average Bonchev–Trinajstić information content (AvgIpc) is 3.37. The summed E-state index contributed by atoms with van der Waals surface area (Å²) in [5.74, 6) is -0.516. The van der Waals surface area contributed by atoms with E-state index >= 15 is 0 Å². The molecule has 2 aromatic carbocycles. The zero-order valence-corrected chi connectivity index (χ0v) is 15.6. The van der Waals surface area contributed by atoms with Crippen LogP contribution in [0.2, 0.25) is 0 Å². The highest BCUT2D eigenvalue weighted by Gasteiger charge is 2.37. The molecule has 0 aromatic heterocycles. The summed E-state index contributed by atoms with van der Waals surface area (Å²) in [5, 5.41) is 9.68. The van der Waals surface area contributed by atoms with Gasteiger partial charge in [0.25, 0.3) is 0 Å². The molecule has 0 aliphatic carbocycles. The van der Waals surface area contributed by atoms with Gasteiger partial charge in [0.2, 0.25) is 5.91 Å². The first kappa shape index (κ1) is 18.5. The lowest BCUT2D eigenvalue weighted by molar-refractivity contribution is -0.122. The van der Waals surface area contributed by atoms with Crippen LogP contribution in [-0.2, 0) is 4.79 Å². The van der Waals surface area contributed by atoms with Crippen LogP contribution in [0.15, 0.2) is 42.5 Å². The molecule has 2 N–H and O–H groups in total. The molecule has 2 heterocycles. The number of rotatable bonds is 4. The molecule has 0 unspecified atom stereocenters. The summed E-state index contributed by atoms with van der Waals surface area (Å²) in [4.78, 5) is 16.2. The van der Waals surface area contributed by atoms with Gasteiger partial charge in [0, 0.05) is 19.1 Å². The molecule has 0 spiro atoms. The van der Waals surface area contributed by atoms with E-state index in [-0.39, 0.29) is 23.8 Å². The third-order valence-corrected chi connectivity index (χ3v) is 5.89. The van der Waals surface area contributed by atoms with E-state index < -0.39 is 0 Å². The van der Waals surface area contributed by atoms with Gasteiger partial charge in [-0.2, -0.15) is 5.26 Å². The number of benzene rings is 2. The molecule has 0 bridgehead atoms. The Kier molecular flexibility index (Phi) is 5.01. The Balaban J connectivity index is 1.54. The minimum absolute atomic E-state index is 0.166. The minimum Gasteiger partial charge on any atom is -0.369 e. The first-order valence-electron chi connectivity index (χ1n) is 9.67. The van der Waals surface area contributed by atoms with Crippen molar-refractivity contribution < 1.29 is 9.18 Å². The number of anilines is 1. The Hall–Kier alpha value is -2.91. The van der Waals surface area contributed by atoms with E-state index in [0.717, 1.165) is 55.7 Å². The maximum atomic E-state index is 13.2. The van der Waals surface area contributed by atoms with Crippen LogP contribution in [0, 0.1) is 17.1 Å². The van der Waals surface area contributed by atoms with Gasteiger partial charge in [0.1, 0.15) is 11.9 Å². The average molecular weight is 378 g/mol. The van der Waals surface area contributed by atoms with Crippen LogP contribution >= 0.6 is 0 Å². The Labute approximate surface area is 164 Å². The van der Waals surface area contributed by atoms with Gasteiger partial charge in [0.05, 0.1) is 17.3 Å². The molecule has 2 aliphatic heterocycles. The summed E-state index contributed by atoms with van der Waals surface area (Å²) in [6, 6.07) is 14.5. The van der Waals surface area contributed by atoms with E-state index in [4.69, 9.17) is 5.73 Å². The van der Waals surface area contributed by atoms with Crippen molar-refractivity contribution in [2.75, 3.05) is 24.5 Å². The van der Waals surface area contributed by atoms with Gasteiger partial charge in [-0.3, -0.25) is 9.69 Å². The summed E-state index contributed by atoms with van der Waals surface area (Å²) < 4.78 is 13.2. The van der Waals surface area contributed by atoms with Crippen LogP contribution < -0.4 is 10.6 Å². The lowest BCUT2D eigenvalue weighted by Gasteiger charge is -2.29. The largest absolute Gasteiger partial charge is 0.369 e. The SMILES string of the molecule is N#Cc1cc(-c2ccc(F)cc2)ccc1N1CC[C@H](N2CCC[C@H]2C(N)=O)C1. The summed E-state index contributed by atoms with van der Waals surface area (Å²) in [7, 11) is 0. The third kappa shape index (κ3) is 3.46. The summed E-state index contributed by atoms with van der Waals surface area (Å²) in [6.07, 6.45) is 2.79. The second kappa shape index (κ2) is 7.61. The number of amides is 1. The van der Waals surface area contributed by atoms with Crippen molar-refractivity contribution in [1.82, 2.24) is 4.90 Å². The highest BCUT2D eigenvalue weighted by atomic mass is 19.1. The van der Waals surface area contributed by atoms with E-state index in [1.165, 1.54) is 12.1 Å². The van der Waals surface area contributed by atoms with E-state index in [1.54, 1.807) is 12.1 Å². The number of likely N-dealkylation sites (tertiary alicyclic amines) is 1. The second-order valence-electron chi connectivity index (χ2n) is 7.54. The molecule has 5 nitrogen and oxygen atoms in total. The number of hydrogen-bond acceptors (Lipinski definition) is 4. The van der Waals surface area contributed by atoms with Crippen molar-refractivity contribution in [3.05, 3.63) is 53.8 Å². The number of halogens is 1. The lowest BCUT2D eigenvalue weighted by atomic mass is 10.0. The van der Waals surface area contributed by atoms with E-state index in [9.17, 15) is 14.4 Å². The third-order valence-electron chi connectivity index (χ3n) is 5.89. The van der Waals surface area contributed by atoms with Gasteiger partial charge in [0.15, 0.2) is 0 Å². The minimum atomic E-state index is -0.278. The molecule has 1 amide bonds. The molecule has 0 radical (unpaired) electrons. The van der Waals surface area contributed by atoms with E-state index in [0.29, 0.717) is 5.56 Å². The zero-order chi connectivity index (χ0) is 19.7. The number of carbonyl (C=O) groups is 1. The van der Waals surface area contributed by atoms with Crippen LogP contribution in [0.1, 0.15) is 24.8 Å². The normalized spacial score (nSPS) is 22.4. The standard InChI is InChI=1S/C22H23FN4O/c23-18-6-3-15(4-7-18)16-5-8-20(17(12-16)13-24)26-11-9-19(14-26)27-10-1-2-21(27)22(25)28/h3-8,12,19,21H,1-2,9-11,14H2,(H2,25,28)/t19-,21-/m0/s1. The monoisotopic (exact) mass is 378 g/mol. The van der Waals surface area contributed by atoms with E-state index in [1.807, 2.05) is 18.2 Å². The predicted octanol–water partition coefficient (Wildman–Crippen LogP) is 2.89. The highest BCUT2D eigenvalue weighted by molar-refractivity contribution is 5.80. The number of hydrogen-bond donors (Lipinski definition) is 1. The lowest BCUT2D eigenvalue weighted by Crippen LogP contribution is -2.47. The molecule has 28 heavy (non-hydrogen) atoms. The molecule has 4 rings (SSSR count). The van der Waals surface area contributed by atoms with Crippen LogP contribution in [0.4, 0.5) is 10.1 Å². The van der Waals surface area contributed by atoms with Crippen molar-refractivity contribution >= 4 is 11.6 Å². The molecule has 0 saturated carbocycles. The number of nitrogens with two attached hydrogens (primary N) is 1. The van der Waals surface area contributed by atoms with Crippen LogP contribution in [0.25, 0.3) is 11.1 Å². The fraction of sp³-hybridized carbons (Fsp3) is 0.364. The first-order chi connectivity index (χ1) is 13.6. The molecule has 6 heteroatoms. The number of carbonyl (C=O) groups excluding carboxylic acids is 1. The summed E-state index contributed by atoms with van der Waals surface area (Å²) >= 11 is 0. The highest BCUT2D eigenvalue weighted by Crippen LogP contribution is 2.32. The number of nitrogens with zero attached hydrogens (tertiary/aromatic N) is 3. The molecule has 144 valence electrons. The predicted molar refractivity (Wildman–Crippen MR) is 106 cm³/mol. The van der Waals surface area contributed by atoms with Crippen LogP contribution in [0.5, 0.6) is 0 Å². The van der Waals surface area contributed by atoms with Gasteiger partial charge >= 0.3 is 0 Å². The molecule has 2 aliphatic rings. The van der Waals surface area contributed by atoms with Crippen molar-refractivity contribution in [2.45, 2.75) is 31.3 Å². The smallest absolute Gasteiger partial charge is 0.234 e. The van der Waals surface area contributed by atoms with Gasteiger partial charge in [-0.15, -0.1) is 0 Å². The van der Waals surface area contributed by atoms with Crippen molar-refractivity contribution in [1.29, 1.82) is 5.26 Å². The zero-order valence-electron chi connectivity index (χ0n) is 15.6. The van der Waals surface area contributed by atoms with E-state index in [2.05, 4.69) is 15.9 Å². The molecule has 2 atom stereocenters. The van der Waals surface area contributed by atoms with Crippen molar-refractivity contribution in [3.8, 4) is 17.2 Å². The van der Waals surface area contributed by atoms with Gasteiger partial charge in [-0.05, 0) is 61.2 Å². The molecule has 2 saturated heterocycles. The van der Waals surface area contributed by atoms with Gasteiger partial charge in [-0.25, -0.2) is 4.39 Å². The Bertz CT molecular complexity index is 921. The van der Waals surface area contributed by atoms with Gasteiger partial charge in [-0.1, -0.05) is 18.2 Å². The summed E-state index contributed by atoms with van der Waals surface area (Å²) in [6.45, 7) is 2.53. The number of primary amides is 1.